The summed E-state index contributed by atoms with van der Waals surface area (Å²) in [5.74, 6) is -0.129. The van der Waals surface area contributed by atoms with Gasteiger partial charge in [-0.3, -0.25) is 14.7 Å². The predicted octanol–water partition coefficient (Wildman–Crippen LogP) is 1.80. The number of amides is 3. The van der Waals surface area contributed by atoms with Crippen LogP contribution in [0.2, 0.25) is 0 Å². The van der Waals surface area contributed by atoms with Gasteiger partial charge in [0.1, 0.15) is 6.04 Å². The minimum absolute atomic E-state index is 0.129. The summed E-state index contributed by atoms with van der Waals surface area (Å²) in [4.78, 5) is 35.8. The smallest absolute Gasteiger partial charge is 0.309 e. The first-order valence-corrected chi connectivity index (χ1v) is 8.41. The van der Waals surface area contributed by atoms with E-state index in [0.717, 1.165) is 13.1 Å². The highest BCUT2D eigenvalue weighted by Crippen LogP contribution is 2.28. The lowest BCUT2D eigenvalue weighted by atomic mass is 10.2. The van der Waals surface area contributed by atoms with Crippen molar-refractivity contribution in [2.75, 3.05) is 24.5 Å². The van der Waals surface area contributed by atoms with E-state index in [2.05, 4.69) is 9.88 Å². The van der Waals surface area contributed by atoms with E-state index in [1.807, 2.05) is 29.9 Å². The molecule has 0 radical (unpaired) electrons. The minimum Gasteiger partial charge on any atom is -0.309 e. The Balaban J connectivity index is 1.53. The van der Waals surface area contributed by atoms with E-state index in [9.17, 15) is 9.59 Å². The third kappa shape index (κ3) is 2.51. The number of carbonyl (C=O) groups excluding carboxylic acids is 2. The first-order chi connectivity index (χ1) is 11.2. The van der Waals surface area contributed by atoms with Gasteiger partial charge in [0.25, 0.3) is 5.91 Å². The molecule has 23 heavy (non-hydrogen) atoms. The molecule has 2 aliphatic rings. The monoisotopic (exact) mass is 328 g/mol. The van der Waals surface area contributed by atoms with Crippen LogP contribution in [0, 0.1) is 0 Å². The first kappa shape index (κ1) is 14.3. The fourth-order valence-electron chi connectivity index (χ4n) is 3.15. The molecule has 0 saturated carbocycles. The normalized spacial score (nSPS) is 21.8. The van der Waals surface area contributed by atoms with Crippen molar-refractivity contribution in [3.8, 4) is 0 Å². The second kappa shape index (κ2) is 5.75. The molecule has 4 rings (SSSR count). The number of aromatic nitrogens is 1. The summed E-state index contributed by atoms with van der Waals surface area (Å²) in [6, 6.07) is 8.55. The highest BCUT2D eigenvalue weighted by molar-refractivity contribution is 7.09. The summed E-state index contributed by atoms with van der Waals surface area (Å²) in [5.41, 5.74) is 2.46. The van der Waals surface area contributed by atoms with Gasteiger partial charge in [0, 0.05) is 37.3 Å². The van der Waals surface area contributed by atoms with Crippen LogP contribution >= 0.6 is 11.3 Å². The van der Waals surface area contributed by atoms with Crippen LogP contribution in [-0.2, 0) is 11.3 Å². The molecule has 7 heteroatoms. The summed E-state index contributed by atoms with van der Waals surface area (Å²) >= 11 is 1.61. The van der Waals surface area contributed by atoms with Crippen molar-refractivity contribution in [3.63, 3.8) is 0 Å². The Labute approximate surface area is 137 Å². The Morgan fingerprint density at radius 2 is 2.00 bits per heavy atom. The number of urea groups is 1. The lowest BCUT2D eigenvalue weighted by molar-refractivity contribution is -0.121. The molecular formula is C16H16N4O2S. The van der Waals surface area contributed by atoms with Gasteiger partial charge in [-0.25, -0.2) is 9.69 Å². The van der Waals surface area contributed by atoms with Crippen molar-refractivity contribution in [2.24, 2.45) is 0 Å². The number of piperazine rings is 1. The third-order valence-corrected chi connectivity index (χ3v) is 5.05. The molecule has 2 saturated heterocycles. The molecule has 0 aliphatic carbocycles. The zero-order valence-electron chi connectivity index (χ0n) is 12.5. The summed E-state index contributed by atoms with van der Waals surface area (Å²) < 4.78 is 0. The summed E-state index contributed by atoms with van der Waals surface area (Å²) in [5, 5.41) is 0. The third-order valence-electron chi connectivity index (χ3n) is 4.28. The number of nitrogens with zero attached hydrogens (tertiary/aromatic N) is 4. The molecule has 1 aromatic carbocycles. The fraction of sp³-hybridized carbons (Fsp3) is 0.312. The number of hydrogen-bond donors (Lipinski definition) is 0. The second-order valence-electron chi connectivity index (χ2n) is 5.70. The maximum Gasteiger partial charge on any atom is 0.332 e. The van der Waals surface area contributed by atoms with E-state index >= 15 is 0 Å². The molecule has 0 bridgehead atoms. The maximum atomic E-state index is 12.7. The van der Waals surface area contributed by atoms with Crippen LogP contribution < -0.4 is 4.90 Å². The number of para-hydroxylation sites is 1. The fourth-order valence-corrected chi connectivity index (χ4v) is 3.79. The highest BCUT2D eigenvalue weighted by atomic mass is 32.1. The van der Waals surface area contributed by atoms with E-state index in [1.54, 1.807) is 28.4 Å². The standard InChI is InChI=1S/C16H16N4O2S/c21-15-14-10-18(9-13-8-17-11-23-13)6-7-19(14)16(22)20(15)12-4-2-1-3-5-12/h1-5,8,11,14H,6-7,9-10H2. The molecule has 3 heterocycles. The summed E-state index contributed by atoms with van der Waals surface area (Å²) in [6.45, 7) is 2.71. The quantitative estimate of drug-likeness (QED) is 0.806. The average molecular weight is 328 g/mol. The first-order valence-electron chi connectivity index (χ1n) is 7.53. The van der Waals surface area contributed by atoms with Crippen molar-refractivity contribution in [2.45, 2.75) is 12.6 Å². The number of imide groups is 1. The Kier molecular flexibility index (Phi) is 3.59. The minimum atomic E-state index is -0.385. The number of fused-ring (bicyclic) bond motifs is 1. The average Bonchev–Trinajstić information content (AvgIpc) is 3.16. The summed E-state index contributed by atoms with van der Waals surface area (Å²) in [6.07, 6.45) is 1.86. The number of rotatable bonds is 3. The largest absolute Gasteiger partial charge is 0.332 e. The van der Waals surface area contributed by atoms with Crippen LogP contribution in [0.1, 0.15) is 4.88 Å². The lowest BCUT2D eigenvalue weighted by Gasteiger charge is -2.34. The van der Waals surface area contributed by atoms with Crippen molar-refractivity contribution < 1.29 is 9.59 Å². The van der Waals surface area contributed by atoms with Gasteiger partial charge in [-0.05, 0) is 12.1 Å². The molecule has 2 aromatic rings. The number of carbonyl (C=O) groups is 2. The molecule has 1 atom stereocenters. The van der Waals surface area contributed by atoms with Gasteiger partial charge < -0.3 is 4.90 Å². The molecule has 2 aliphatic heterocycles. The number of hydrogen-bond acceptors (Lipinski definition) is 5. The van der Waals surface area contributed by atoms with Gasteiger partial charge in [0.05, 0.1) is 11.2 Å². The van der Waals surface area contributed by atoms with E-state index in [4.69, 9.17) is 0 Å². The molecule has 1 unspecified atom stereocenters. The molecule has 0 spiro atoms. The molecule has 1 aromatic heterocycles. The number of anilines is 1. The number of benzene rings is 1. The van der Waals surface area contributed by atoms with Crippen LogP contribution in [0.25, 0.3) is 0 Å². The molecule has 2 fully saturated rings. The number of thiazole rings is 1. The second-order valence-corrected chi connectivity index (χ2v) is 6.67. The topological polar surface area (TPSA) is 56.8 Å². The highest BCUT2D eigenvalue weighted by Gasteiger charge is 2.48. The van der Waals surface area contributed by atoms with Gasteiger partial charge in [-0.15, -0.1) is 11.3 Å². The van der Waals surface area contributed by atoms with Crippen molar-refractivity contribution in [3.05, 3.63) is 46.9 Å². The maximum absolute atomic E-state index is 12.7. The molecular weight excluding hydrogens is 312 g/mol. The van der Waals surface area contributed by atoms with Crippen molar-refractivity contribution in [1.82, 2.24) is 14.8 Å². The Morgan fingerprint density at radius 1 is 1.17 bits per heavy atom. The van der Waals surface area contributed by atoms with E-state index < -0.39 is 0 Å². The van der Waals surface area contributed by atoms with E-state index in [1.165, 1.54) is 9.78 Å². The molecule has 3 amide bonds. The van der Waals surface area contributed by atoms with Crippen LogP contribution in [-0.4, -0.2) is 52.4 Å². The van der Waals surface area contributed by atoms with E-state index in [0.29, 0.717) is 18.8 Å². The van der Waals surface area contributed by atoms with Gasteiger partial charge >= 0.3 is 6.03 Å². The van der Waals surface area contributed by atoms with Crippen LogP contribution in [0.3, 0.4) is 0 Å². The van der Waals surface area contributed by atoms with Gasteiger partial charge in [0.15, 0.2) is 0 Å². The van der Waals surface area contributed by atoms with Crippen LogP contribution in [0.15, 0.2) is 42.0 Å². The molecule has 6 nitrogen and oxygen atoms in total. The Morgan fingerprint density at radius 3 is 2.74 bits per heavy atom. The van der Waals surface area contributed by atoms with Gasteiger partial charge in [-0.2, -0.15) is 0 Å². The van der Waals surface area contributed by atoms with Crippen LogP contribution in [0.5, 0.6) is 0 Å². The predicted molar refractivity (Wildman–Crippen MR) is 87.2 cm³/mol. The van der Waals surface area contributed by atoms with E-state index in [-0.39, 0.29) is 18.0 Å². The Bertz CT molecular complexity index is 719. The zero-order chi connectivity index (χ0) is 15.8. The molecule has 0 N–H and O–H groups in total. The van der Waals surface area contributed by atoms with Crippen molar-refractivity contribution >= 4 is 29.0 Å². The van der Waals surface area contributed by atoms with Crippen molar-refractivity contribution in [1.29, 1.82) is 0 Å². The van der Waals surface area contributed by atoms with Gasteiger partial charge in [0.2, 0.25) is 0 Å². The van der Waals surface area contributed by atoms with Crippen LogP contribution in [0.4, 0.5) is 10.5 Å². The SMILES string of the molecule is O=C1C2CN(Cc3cncs3)CCN2C(=O)N1c1ccccc1. The summed E-state index contributed by atoms with van der Waals surface area (Å²) in [7, 11) is 0. The molecule has 118 valence electrons. The lowest BCUT2D eigenvalue weighted by Crippen LogP contribution is -2.52. The Hall–Kier alpha value is -2.25. The zero-order valence-corrected chi connectivity index (χ0v) is 13.3. The van der Waals surface area contributed by atoms with Gasteiger partial charge in [-0.1, -0.05) is 18.2 Å².